The van der Waals surface area contributed by atoms with Crippen LogP contribution in [0, 0.1) is 11.8 Å². The lowest BCUT2D eigenvalue weighted by Crippen LogP contribution is -2.28. The van der Waals surface area contributed by atoms with Gasteiger partial charge in [-0.1, -0.05) is 26.7 Å². The smallest absolute Gasteiger partial charge is 0.109 e. The van der Waals surface area contributed by atoms with Crippen molar-refractivity contribution < 1.29 is 0 Å². The minimum Gasteiger partial charge on any atom is -0.308 e. The Morgan fingerprint density at radius 1 is 1.39 bits per heavy atom. The van der Waals surface area contributed by atoms with Crippen molar-refractivity contribution in [3.8, 4) is 0 Å². The lowest BCUT2D eigenvalue weighted by Gasteiger charge is -2.27. The van der Waals surface area contributed by atoms with Gasteiger partial charge in [0.25, 0.3) is 0 Å². The fraction of sp³-hybridized carbons (Fsp3) is 0.800. The molecule has 1 aliphatic rings. The molecule has 18 heavy (non-hydrogen) atoms. The van der Waals surface area contributed by atoms with Crippen molar-refractivity contribution in [2.45, 2.75) is 58.9 Å². The Labute approximate surface area is 115 Å². The molecule has 1 atom stereocenters. The molecule has 0 amide bonds. The van der Waals surface area contributed by atoms with Crippen LogP contribution >= 0.6 is 11.3 Å². The maximum Gasteiger partial charge on any atom is 0.109 e. The maximum absolute atomic E-state index is 4.52. The standard InChI is InChI=1S/C15H26N2S/c1-4-14-10-17-15(18-14)12(3)16-9-13-7-5-11(2)6-8-13/h10-13,16H,4-9H2,1-3H3. The van der Waals surface area contributed by atoms with Gasteiger partial charge in [-0.3, -0.25) is 0 Å². The van der Waals surface area contributed by atoms with E-state index in [1.807, 2.05) is 17.5 Å². The van der Waals surface area contributed by atoms with Crippen LogP contribution in [0.25, 0.3) is 0 Å². The number of hydrogen-bond donors (Lipinski definition) is 1. The third-order valence-electron chi connectivity index (χ3n) is 4.14. The molecule has 1 aromatic rings. The third-order valence-corrected chi connectivity index (χ3v) is 5.46. The molecule has 3 heteroatoms. The lowest BCUT2D eigenvalue weighted by atomic mass is 9.83. The van der Waals surface area contributed by atoms with E-state index in [9.17, 15) is 0 Å². The molecule has 0 aliphatic heterocycles. The van der Waals surface area contributed by atoms with Crippen LogP contribution in [0.2, 0.25) is 0 Å². The van der Waals surface area contributed by atoms with Crippen molar-refractivity contribution in [3.63, 3.8) is 0 Å². The van der Waals surface area contributed by atoms with E-state index in [-0.39, 0.29) is 0 Å². The van der Waals surface area contributed by atoms with Crippen molar-refractivity contribution >= 4 is 11.3 Å². The van der Waals surface area contributed by atoms with Gasteiger partial charge in [-0.2, -0.15) is 0 Å². The minimum atomic E-state index is 0.412. The van der Waals surface area contributed by atoms with Crippen LogP contribution in [0.1, 0.15) is 62.4 Å². The van der Waals surface area contributed by atoms with Gasteiger partial charge in [0, 0.05) is 11.1 Å². The maximum atomic E-state index is 4.52. The van der Waals surface area contributed by atoms with Gasteiger partial charge in [0.15, 0.2) is 0 Å². The first-order chi connectivity index (χ1) is 8.69. The van der Waals surface area contributed by atoms with Crippen LogP contribution in [-0.4, -0.2) is 11.5 Å². The molecule has 1 heterocycles. The van der Waals surface area contributed by atoms with Crippen molar-refractivity contribution in [2.75, 3.05) is 6.54 Å². The van der Waals surface area contributed by atoms with E-state index in [2.05, 4.69) is 31.1 Å². The predicted octanol–water partition coefficient (Wildman–Crippen LogP) is 4.18. The van der Waals surface area contributed by atoms with Gasteiger partial charge in [-0.25, -0.2) is 4.98 Å². The van der Waals surface area contributed by atoms with Crippen molar-refractivity contribution in [1.82, 2.24) is 10.3 Å². The molecule has 1 saturated carbocycles. The fourth-order valence-corrected chi connectivity index (χ4v) is 3.53. The van der Waals surface area contributed by atoms with E-state index >= 15 is 0 Å². The molecule has 0 spiro atoms. The summed E-state index contributed by atoms with van der Waals surface area (Å²) in [5, 5.41) is 4.92. The topological polar surface area (TPSA) is 24.9 Å². The molecule has 2 nitrogen and oxygen atoms in total. The molecular formula is C15H26N2S. The molecule has 0 saturated heterocycles. The zero-order chi connectivity index (χ0) is 13.0. The summed E-state index contributed by atoms with van der Waals surface area (Å²) >= 11 is 1.85. The minimum absolute atomic E-state index is 0.412. The number of hydrogen-bond acceptors (Lipinski definition) is 3. The Kier molecular flexibility index (Phi) is 5.19. The average molecular weight is 266 g/mol. The molecule has 102 valence electrons. The molecular weight excluding hydrogens is 240 g/mol. The van der Waals surface area contributed by atoms with Crippen LogP contribution in [0.4, 0.5) is 0 Å². The van der Waals surface area contributed by atoms with Crippen LogP contribution in [0.3, 0.4) is 0 Å². The van der Waals surface area contributed by atoms with E-state index in [0.717, 1.165) is 24.8 Å². The fourth-order valence-electron chi connectivity index (χ4n) is 2.65. The summed E-state index contributed by atoms with van der Waals surface area (Å²) in [6, 6.07) is 0.412. The van der Waals surface area contributed by atoms with E-state index in [4.69, 9.17) is 0 Å². The van der Waals surface area contributed by atoms with Crippen molar-refractivity contribution in [1.29, 1.82) is 0 Å². The zero-order valence-corrected chi connectivity index (χ0v) is 12.7. The zero-order valence-electron chi connectivity index (χ0n) is 11.9. The van der Waals surface area contributed by atoms with Crippen molar-refractivity contribution in [2.24, 2.45) is 11.8 Å². The van der Waals surface area contributed by atoms with Gasteiger partial charge in [0.2, 0.25) is 0 Å². The first-order valence-electron chi connectivity index (χ1n) is 7.37. The highest BCUT2D eigenvalue weighted by Crippen LogP contribution is 2.28. The van der Waals surface area contributed by atoms with Crippen LogP contribution in [0.5, 0.6) is 0 Å². The quantitative estimate of drug-likeness (QED) is 0.864. The summed E-state index contributed by atoms with van der Waals surface area (Å²) in [5.41, 5.74) is 0. The number of rotatable bonds is 5. The Bertz CT molecular complexity index is 353. The van der Waals surface area contributed by atoms with Crippen LogP contribution in [-0.2, 0) is 6.42 Å². The molecule has 1 aliphatic carbocycles. The van der Waals surface area contributed by atoms with E-state index in [0.29, 0.717) is 6.04 Å². The molecule has 0 bridgehead atoms. The molecule has 2 rings (SSSR count). The summed E-state index contributed by atoms with van der Waals surface area (Å²) < 4.78 is 0. The molecule has 1 unspecified atom stereocenters. The lowest BCUT2D eigenvalue weighted by molar-refractivity contribution is 0.276. The molecule has 1 N–H and O–H groups in total. The summed E-state index contributed by atoms with van der Waals surface area (Å²) in [6.07, 6.45) is 8.76. The second kappa shape index (κ2) is 6.67. The first-order valence-corrected chi connectivity index (χ1v) is 8.18. The Hall–Kier alpha value is -0.410. The summed E-state index contributed by atoms with van der Waals surface area (Å²) in [5.74, 6) is 1.83. The molecule has 0 radical (unpaired) electrons. The Morgan fingerprint density at radius 3 is 2.72 bits per heavy atom. The van der Waals surface area contributed by atoms with Gasteiger partial charge in [0.1, 0.15) is 5.01 Å². The predicted molar refractivity (Wildman–Crippen MR) is 79.0 cm³/mol. The number of nitrogens with zero attached hydrogens (tertiary/aromatic N) is 1. The first kappa shape index (κ1) is 14.0. The second-order valence-corrected chi connectivity index (χ2v) is 6.92. The normalized spacial score (nSPS) is 26.2. The third kappa shape index (κ3) is 3.79. The summed E-state index contributed by atoms with van der Waals surface area (Å²) in [4.78, 5) is 5.91. The number of aryl methyl sites for hydroxylation is 1. The van der Waals surface area contributed by atoms with Gasteiger partial charge in [-0.05, 0) is 44.6 Å². The molecule has 0 aromatic carbocycles. The van der Waals surface area contributed by atoms with Gasteiger partial charge in [0.05, 0.1) is 6.04 Å². The number of thiazole rings is 1. The highest BCUT2D eigenvalue weighted by Gasteiger charge is 2.19. The Morgan fingerprint density at radius 2 is 2.11 bits per heavy atom. The van der Waals surface area contributed by atoms with Crippen molar-refractivity contribution in [3.05, 3.63) is 16.1 Å². The van der Waals surface area contributed by atoms with Gasteiger partial charge < -0.3 is 5.32 Å². The summed E-state index contributed by atoms with van der Waals surface area (Å²) in [7, 11) is 0. The summed E-state index contributed by atoms with van der Waals surface area (Å²) in [6.45, 7) is 7.98. The van der Waals surface area contributed by atoms with Crippen LogP contribution in [0.15, 0.2) is 6.20 Å². The average Bonchev–Trinajstić information content (AvgIpc) is 2.86. The molecule has 1 fully saturated rings. The highest BCUT2D eigenvalue weighted by molar-refractivity contribution is 7.11. The number of nitrogens with one attached hydrogen (secondary N) is 1. The highest BCUT2D eigenvalue weighted by atomic mass is 32.1. The van der Waals surface area contributed by atoms with E-state index in [1.54, 1.807) is 0 Å². The number of aromatic nitrogens is 1. The largest absolute Gasteiger partial charge is 0.308 e. The Balaban J connectivity index is 1.75. The molecule has 1 aromatic heterocycles. The van der Waals surface area contributed by atoms with E-state index in [1.165, 1.54) is 35.6 Å². The SMILES string of the molecule is CCc1cnc(C(C)NCC2CCC(C)CC2)s1. The monoisotopic (exact) mass is 266 g/mol. The van der Waals surface area contributed by atoms with E-state index < -0.39 is 0 Å². The van der Waals surface area contributed by atoms with Gasteiger partial charge >= 0.3 is 0 Å². The second-order valence-electron chi connectivity index (χ2n) is 5.77. The van der Waals surface area contributed by atoms with Crippen LogP contribution < -0.4 is 5.32 Å². The van der Waals surface area contributed by atoms with Gasteiger partial charge in [-0.15, -0.1) is 11.3 Å².